The van der Waals surface area contributed by atoms with E-state index in [4.69, 9.17) is 37.8 Å². The van der Waals surface area contributed by atoms with Gasteiger partial charge in [0.15, 0.2) is 24.3 Å². The van der Waals surface area contributed by atoms with Crippen molar-refractivity contribution in [2.75, 3.05) is 27.3 Å². The molecule has 0 aliphatic carbocycles. The number of nitrogens with zero attached hydrogens (tertiary/aromatic N) is 4. The van der Waals surface area contributed by atoms with Gasteiger partial charge >= 0.3 is 12.1 Å². The van der Waals surface area contributed by atoms with Crippen LogP contribution in [-0.4, -0.2) is 131 Å². The van der Waals surface area contributed by atoms with Crippen LogP contribution in [0, 0.1) is 23.7 Å². The molecule has 0 radical (unpaired) electrons. The van der Waals surface area contributed by atoms with Gasteiger partial charge in [0.05, 0.1) is 49.1 Å². The smallest absolute Gasteiger partial charge is 0.408 e. The Morgan fingerprint density at radius 3 is 2.54 bits per heavy atom. The second-order valence-corrected chi connectivity index (χ2v) is 17.3. The lowest BCUT2D eigenvalue weighted by Crippen LogP contribution is -2.60. The number of fused-ring (bicyclic) bond motifs is 4. The van der Waals surface area contributed by atoms with Crippen molar-refractivity contribution in [3.8, 4) is 11.3 Å². The summed E-state index contributed by atoms with van der Waals surface area (Å²) in [5.74, 6) is -3.23. The maximum atomic E-state index is 14.5. The van der Waals surface area contributed by atoms with E-state index in [2.05, 4.69) is 20.6 Å². The number of rotatable bonds is 8. The molecule has 2 aromatic heterocycles. The number of oxime groups is 1. The number of hydrogen-bond acceptors (Lipinski definition) is 16. The van der Waals surface area contributed by atoms with Crippen molar-refractivity contribution in [3.05, 3.63) is 36.4 Å². The number of pyridine rings is 1. The highest BCUT2D eigenvalue weighted by molar-refractivity contribution is 5.87. The monoisotopic (exact) mass is 827 g/mol. The van der Waals surface area contributed by atoms with Crippen LogP contribution in [0.1, 0.15) is 80.4 Å². The summed E-state index contributed by atoms with van der Waals surface area (Å²) in [6.07, 6.45) is -1.36. The first-order chi connectivity index (χ1) is 27.9. The molecule has 6 rings (SSSR count). The molecule has 4 aliphatic heterocycles. The second-order valence-electron chi connectivity index (χ2n) is 17.3. The Morgan fingerprint density at radius 1 is 1.08 bits per heavy atom. The van der Waals surface area contributed by atoms with E-state index in [1.54, 1.807) is 45.3 Å². The van der Waals surface area contributed by atoms with Crippen molar-refractivity contribution in [1.29, 1.82) is 0 Å². The number of aliphatic hydroxyl groups excluding tert-OH is 1. The molecular weight excluding hydrogens is 766 g/mol. The van der Waals surface area contributed by atoms with Crippen molar-refractivity contribution in [1.82, 2.24) is 20.4 Å². The normalized spacial score (nSPS) is 39.3. The Balaban J connectivity index is 1.38. The second kappa shape index (κ2) is 18.3. The summed E-state index contributed by atoms with van der Waals surface area (Å²) >= 11 is 0. The first-order valence-corrected chi connectivity index (χ1v) is 20.6. The number of esters is 1. The van der Waals surface area contributed by atoms with Crippen LogP contribution in [0.5, 0.6) is 0 Å². The molecular formula is C42H61N5O12. The Labute approximate surface area is 345 Å². The van der Waals surface area contributed by atoms with Crippen molar-refractivity contribution in [2.45, 2.75) is 141 Å². The number of hydrogen-bond donors (Lipinski definition) is 2. The van der Waals surface area contributed by atoms with Gasteiger partial charge in [-0.05, 0) is 73.2 Å². The summed E-state index contributed by atoms with van der Waals surface area (Å²) in [7, 11) is 3.79. The van der Waals surface area contributed by atoms with Crippen LogP contribution in [0.25, 0.3) is 11.3 Å². The topological polar surface area (TPSA) is 203 Å². The standard InChI is InChI=1S/C42H61N5O12/c1-11-32-42(8)36(44-40(51)58-42)24(4)33(48)22(2)17-41(7)37(57-39-34(49)31(47(9)10)15-23(3)55-39)25(5)35(26(6)38(50)56-32)52-19-28(20-53-41)45-54-21-29-16-30(46-59-29)27-13-12-14-43-18-27/h12-14,16,18,22-26,31-32,34-37,39,49H,11,15,17,19-21H2,1-10H3,(H,44,51)/b45-28+/t22-,23-,24+,25-,26-,31+,32-,34-,35+,36+,37-,39+,41-,42-/m1/s1. The third kappa shape index (κ3) is 9.50. The van der Waals surface area contributed by atoms with E-state index in [1.807, 2.05) is 59.7 Å². The molecule has 6 heterocycles. The number of carbonyl (C=O) groups excluding carboxylic acids is 3. The van der Waals surface area contributed by atoms with Crippen molar-refractivity contribution < 1.29 is 57.3 Å². The van der Waals surface area contributed by atoms with Gasteiger partial charge in [0.25, 0.3) is 0 Å². The van der Waals surface area contributed by atoms with Crippen LogP contribution in [0.3, 0.4) is 0 Å². The highest BCUT2D eigenvalue weighted by Crippen LogP contribution is 2.42. The zero-order valence-corrected chi connectivity index (χ0v) is 35.8. The minimum absolute atomic E-state index is 0.0508. The minimum Gasteiger partial charge on any atom is -0.458 e. The number of likely N-dealkylation sites (N-methyl/N-ethyl adjacent to an activating group) is 1. The predicted octanol–water partition coefficient (Wildman–Crippen LogP) is 4.30. The molecule has 0 unspecified atom stereocenters. The summed E-state index contributed by atoms with van der Waals surface area (Å²) < 4.78 is 44.2. The molecule has 17 nitrogen and oxygen atoms in total. The Kier molecular flexibility index (Phi) is 13.8. The van der Waals surface area contributed by atoms with Crippen molar-refractivity contribution >= 4 is 23.6 Å². The Morgan fingerprint density at radius 2 is 1.85 bits per heavy atom. The number of ether oxygens (including phenoxy) is 6. The number of amides is 1. The first kappa shape index (κ1) is 44.5. The van der Waals surface area contributed by atoms with E-state index in [0.717, 1.165) is 5.56 Å². The molecule has 14 atom stereocenters. The van der Waals surface area contributed by atoms with E-state index < -0.39 is 83.7 Å². The van der Waals surface area contributed by atoms with Crippen LogP contribution < -0.4 is 5.32 Å². The average Bonchev–Trinajstić information content (AvgIpc) is 3.81. The van der Waals surface area contributed by atoms with Crippen LogP contribution >= 0.6 is 0 Å². The fourth-order valence-corrected chi connectivity index (χ4v) is 9.32. The fraction of sp³-hybridized carbons (Fsp3) is 0.714. The van der Waals surface area contributed by atoms with Crippen LogP contribution in [-0.2, 0) is 49.5 Å². The molecule has 4 saturated heterocycles. The Bertz CT molecular complexity index is 1810. The van der Waals surface area contributed by atoms with Crippen molar-refractivity contribution in [3.63, 3.8) is 0 Å². The summed E-state index contributed by atoms with van der Waals surface area (Å²) in [6.45, 7) is 14.2. The van der Waals surface area contributed by atoms with Crippen molar-refractivity contribution in [2.24, 2.45) is 28.8 Å². The minimum atomic E-state index is -1.34. The van der Waals surface area contributed by atoms with Crippen LogP contribution in [0.2, 0.25) is 0 Å². The molecule has 0 aromatic carbocycles. The van der Waals surface area contributed by atoms with Gasteiger partial charge in [0, 0.05) is 47.8 Å². The molecule has 0 saturated carbocycles. The van der Waals surface area contributed by atoms with Gasteiger partial charge in [-0.15, -0.1) is 0 Å². The number of Topliss-reactive ketones (excluding diaryl/α,β-unsaturated/α-hetero) is 1. The van der Waals surface area contributed by atoms with Crippen LogP contribution in [0.15, 0.2) is 40.3 Å². The molecule has 0 spiro atoms. The molecule has 326 valence electrons. The molecule has 1 amide bonds. The molecule has 4 fully saturated rings. The van der Waals surface area contributed by atoms with E-state index in [1.165, 1.54) is 0 Å². The van der Waals surface area contributed by atoms with E-state index in [9.17, 15) is 19.5 Å². The SMILES string of the molecule is CC[C@H]1OC(=O)[C@H](C)[C@H]2OC/C(=N\OCc3cc(-c4cccnc4)no3)CO[C@](C)(C[C@@H](C)C(=O)[C@H](C)[C@@H]3NC(=O)O[C@]13C)[C@H](O[C@@H]1O[C@H](C)C[C@H](N(C)C)[C@H]1O)[C@@H]2C. The largest absolute Gasteiger partial charge is 0.458 e. The quantitative estimate of drug-likeness (QED) is 0.282. The first-order valence-electron chi connectivity index (χ1n) is 20.6. The van der Waals surface area contributed by atoms with Gasteiger partial charge in [-0.25, -0.2) is 4.79 Å². The van der Waals surface area contributed by atoms with Gasteiger partial charge in [-0.3, -0.25) is 14.6 Å². The van der Waals surface area contributed by atoms with Gasteiger partial charge in [-0.2, -0.15) is 0 Å². The number of alkyl carbamates (subject to hydrolysis) is 1. The molecule has 2 bridgehead atoms. The zero-order chi connectivity index (χ0) is 42.8. The molecule has 2 aromatic rings. The molecule has 17 heteroatoms. The maximum Gasteiger partial charge on any atom is 0.408 e. The number of cyclic esters (lactones) is 1. The highest BCUT2D eigenvalue weighted by Gasteiger charge is 2.57. The lowest BCUT2D eigenvalue weighted by Gasteiger charge is -2.48. The highest BCUT2D eigenvalue weighted by atomic mass is 16.7. The molecule has 4 aliphatic rings. The summed E-state index contributed by atoms with van der Waals surface area (Å²) in [6, 6.07) is 4.34. The number of carbonyl (C=O) groups is 3. The molecule has 2 N–H and O–H groups in total. The van der Waals surface area contributed by atoms with Gasteiger partial charge in [0.2, 0.25) is 0 Å². The summed E-state index contributed by atoms with van der Waals surface area (Å²) in [5.41, 5.74) is -0.880. The Hall–Kier alpha value is -4.00. The lowest BCUT2D eigenvalue weighted by molar-refractivity contribution is -0.302. The number of aliphatic hydroxyl groups is 1. The predicted molar refractivity (Wildman–Crippen MR) is 212 cm³/mol. The maximum absolute atomic E-state index is 14.5. The van der Waals surface area contributed by atoms with E-state index in [0.29, 0.717) is 30.0 Å². The van der Waals surface area contributed by atoms with Gasteiger partial charge < -0.3 is 53.1 Å². The number of aromatic nitrogens is 2. The lowest BCUT2D eigenvalue weighted by atomic mass is 9.73. The summed E-state index contributed by atoms with van der Waals surface area (Å²) in [5, 5.41) is 23.0. The molecule has 59 heavy (non-hydrogen) atoms. The van der Waals surface area contributed by atoms with Crippen LogP contribution in [0.4, 0.5) is 4.79 Å². The van der Waals surface area contributed by atoms with E-state index >= 15 is 0 Å². The van der Waals surface area contributed by atoms with E-state index in [-0.39, 0.29) is 44.2 Å². The third-order valence-corrected chi connectivity index (χ3v) is 12.6. The third-order valence-electron chi connectivity index (χ3n) is 12.6. The zero-order valence-electron chi connectivity index (χ0n) is 35.8. The van der Waals surface area contributed by atoms with Gasteiger partial charge in [-0.1, -0.05) is 38.0 Å². The van der Waals surface area contributed by atoms with Gasteiger partial charge in [0.1, 0.15) is 29.4 Å². The number of ketones is 1. The average molecular weight is 828 g/mol. The fourth-order valence-electron chi connectivity index (χ4n) is 9.32. The number of nitrogens with one attached hydrogen (secondary N) is 1. The summed E-state index contributed by atoms with van der Waals surface area (Å²) in [4.78, 5) is 53.5.